The van der Waals surface area contributed by atoms with Gasteiger partial charge in [0.1, 0.15) is 11.8 Å². The Labute approximate surface area is 171 Å². The first kappa shape index (κ1) is 19.2. The van der Waals surface area contributed by atoms with Crippen LogP contribution in [0.4, 0.5) is 5.69 Å². The van der Waals surface area contributed by atoms with E-state index in [-0.39, 0.29) is 11.3 Å². The largest absolute Gasteiger partial charge is 0.507 e. The van der Waals surface area contributed by atoms with Gasteiger partial charge in [0.25, 0.3) is 5.91 Å². The number of hydrogen-bond acceptors (Lipinski definition) is 5. The van der Waals surface area contributed by atoms with Crippen molar-refractivity contribution < 1.29 is 19.8 Å². The number of rotatable bonds is 6. The predicted molar refractivity (Wildman–Crippen MR) is 110 cm³/mol. The molecule has 5 N–H and O–H groups in total. The van der Waals surface area contributed by atoms with Gasteiger partial charge in [-0.3, -0.25) is 14.7 Å². The van der Waals surface area contributed by atoms with E-state index in [9.17, 15) is 19.8 Å². The van der Waals surface area contributed by atoms with Crippen molar-refractivity contribution in [2.45, 2.75) is 6.04 Å². The molecule has 4 rings (SSSR count). The third kappa shape index (κ3) is 3.87. The van der Waals surface area contributed by atoms with Gasteiger partial charge in [0.05, 0.1) is 23.9 Å². The molecule has 152 valence electrons. The highest BCUT2D eigenvalue weighted by Crippen LogP contribution is 2.21. The summed E-state index contributed by atoms with van der Waals surface area (Å²) in [5.41, 5.74) is 1.89. The summed E-state index contributed by atoms with van der Waals surface area (Å²) in [6, 6.07) is 12.2. The summed E-state index contributed by atoms with van der Waals surface area (Å²) in [4.78, 5) is 25.2. The van der Waals surface area contributed by atoms with Crippen LogP contribution in [0.5, 0.6) is 5.75 Å². The minimum Gasteiger partial charge on any atom is -0.507 e. The van der Waals surface area contributed by atoms with E-state index in [1.54, 1.807) is 47.4 Å². The van der Waals surface area contributed by atoms with E-state index < -0.39 is 24.5 Å². The minimum atomic E-state index is -1.20. The molecule has 1 atom stereocenters. The summed E-state index contributed by atoms with van der Waals surface area (Å²) in [6.45, 7) is -0.609. The molecule has 2 aromatic carbocycles. The number of nitrogens with one attached hydrogen (secondary N) is 3. The van der Waals surface area contributed by atoms with E-state index in [4.69, 9.17) is 0 Å². The van der Waals surface area contributed by atoms with Gasteiger partial charge in [0.2, 0.25) is 5.91 Å². The fourth-order valence-corrected chi connectivity index (χ4v) is 3.05. The Hall–Kier alpha value is -4.11. The van der Waals surface area contributed by atoms with Gasteiger partial charge >= 0.3 is 0 Å². The van der Waals surface area contributed by atoms with Crippen LogP contribution in [-0.2, 0) is 4.79 Å². The molecule has 0 aliphatic rings. The monoisotopic (exact) mass is 405 g/mol. The number of aromatic amines is 1. The highest BCUT2D eigenvalue weighted by molar-refractivity contribution is 6.03. The minimum absolute atomic E-state index is 0.00803. The number of anilines is 1. The average molecular weight is 405 g/mol. The van der Waals surface area contributed by atoms with Gasteiger partial charge in [-0.2, -0.15) is 5.10 Å². The molecule has 4 aromatic rings. The Bertz CT molecular complexity index is 1200. The van der Waals surface area contributed by atoms with Crippen molar-refractivity contribution in [3.05, 3.63) is 72.7 Å². The van der Waals surface area contributed by atoms with Gasteiger partial charge in [-0.15, -0.1) is 0 Å². The first-order valence-corrected chi connectivity index (χ1v) is 9.17. The summed E-state index contributed by atoms with van der Waals surface area (Å²) in [6.07, 6.45) is 5.26. The normalized spacial score (nSPS) is 11.9. The Morgan fingerprint density at radius 3 is 2.70 bits per heavy atom. The van der Waals surface area contributed by atoms with Gasteiger partial charge in [0, 0.05) is 29.2 Å². The van der Waals surface area contributed by atoms with Crippen molar-refractivity contribution >= 4 is 28.4 Å². The second-order valence-electron chi connectivity index (χ2n) is 6.66. The zero-order valence-corrected chi connectivity index (χ0v) is 15.7. The molecule has 0 saturated carbocycles. The highest BCUT2D eigenvalue weighted by Gasteiger charge is 2.23. The van der Waals surface area contributed by atoms with Crippen LogP contribution < -0.4 is 10.6 Å². The number of phenolic OH excluding ortho intramolecular Hbond substituents is 1. The number of phenols is 1. The number of fused-ring (bicyclic) bond motifs is 1. The number of carbonyl (C=O) groups excluding carboxylic acids is 2. The van der Waals surface area contributed by atoms with Crippen molar-refractivity contribution in [1.29, 1.82) is 0 Å². The fourth-order valence-electron chi connectivity index (χ4n) is 3.05. The van der Waals surface area contributed by atoms with Crippen LogP contribution in [0.1, 0.15) is 10.4 Å². The summed E-state index contributed by atoms with van der Waals surface area (Å²) >= 11 is 0. The van der Waals surface area contributed by atoms with Crippen LogP contribution in [0, 0.1) is 0 Å². The number of hydrogen-bond donors (Lipinski definition) is 5. The van der Waals surface area contributed by atoms with Crippen LogP contribution in [0.25, 0.3) is 16.6 Å². The maximum absolute atomic E-state index is 12.7. The Balaban J connectivity index is 1.49. The molecular weight excluding hydrogens is 386 g/mol. The highest BCUT2D eigenvalue weighted by atomic mass is 16.3. The zero-order chi connectivity index (χ0) is 21.1. The van der Waals surface area contributed by atoms with Crippen molar-refractivity contribution in [1.82, 2.24) is 20.1 Å². The molecular formula is C21H19N5O4. The predicted octanol–water partition coefficient (Wildman–Crippen LogP) is 1.79. The van der Waals surface area contributed by atoms with Gasteiger partial charge in [0.15, 0.2) is 0 Å². The Morgan fingerprint density at radius 1 is 1.13 bits per heavy atom. The molecule has 0 bridgehead atoms. The molecule has 0 radical (unpaired) electrons. The lowest BCUT2D eigenvalue weighted by atomic mass is 10.1. The van der Waals surface area contributed by atoms with Crippen LogP contribution in [-0.4, -0.2) is 49.4 Å². The molecule has 0 fully saturated rings. The fraction of sp³-hybridized carbons (Fsp3) is 0.0952. The molecule has 0 spiro atoms. The van der Waals surface area contributed by atoms with E-state index in [1.165, 1.54) is 12.1 Å². The number of nitrogens with zero attached hydrogens (tertiary/aromatic N) is 2. The third-order valence-electron chi connectivity index (χ3n) is 4.64. The maximum Gasteiger partial charge on any atom is 0.255 e. The number of aromatic nitrogens is 3. The summed E-state index contributed by atoms with van der Waals surface area (Å²) in [7, 11) is 0. The number of amides is 2. The lowest BCUT2D eigenvalue weighted by molar-refractivity contribution is -0.118. The van der Waals surface area contributed by atoms with Gasteiger partial charge in [-0.05, 0) is 48.5 Å². The second kappa shape index (κ2) is 8.10. The molecule has 9 nitrogen and oxygen atoms in total. The van der Waals surface area contributed by atoms with Gasteiger partial charge < -0.3 is 25.4 Å². The molecule has 0 aliphatic carbocycles. The number of aliphatic hydroxyl groups excluding tert-OH is 1. The zero-order valence-electron chi connectivity index (χ0n) is 15.7. The van der Waals surface area contributed by atoms with Crippen LogP contribution >= 0.6 is 0 Å². The summed E-state index contributed by atoms with van der Waals surface area (Å²) < 4.78 is 1.78. The van der Waals surface area contributed by atoms with E-state index in [1.807, 2.05) is 12.1 Å². The summed E-state index contributed by atoms with van der Waals surface area (Å²) in [5.74, 6) is -1.50. The van der Waals surface area contributed by atoms with E-state index in [0.717, 1.165) is 10.9 Å². The van der Waals surface area contributed by atoms with Crippen molar-refractivity contribution in [2.75, 3.05) is 11.9 Å². The molecule has 2 aromatic heterocycles. The number of carbonyl (C=O) groups is 2. The first-order chi connectivity index (χ1) is 14.5. The average Bonchev–Trinajstić information content (AvgIpc) is 3.43. The molecule has 1 unspecified atom stereocenters. The lowest BCUT2D eigenvalue weighted by Crippen LogP contribution is -2.46. The molecule has 0 saturated heterocycles. The lowest BCUT2D eigenvalue weighted by Gasteiger charge is -2.17. The molecule has 2 amide bonds. The van der Waals surface area contributed by atoms with Crippen LogP contribution in [0.3, 0.4) is 0 Å². The molecule has 0 aliphatic heterocycles. The second-order valence-corrected chi connectivity index (χ2v) is 6.66. The number of aromatic hydroxyl groups is 1. The summed E-state index contributed by atoms with van der Waals surface area (Å²) in [5, 5.41) is 32.4. The van der Waals surface area contributed by atoms with Gasteiger partial charge in [-0.25, -0.2) is 0 Å². The van der Waals surface area contributed by atoms with E-state index in [0.29, 0.717) is 11.4 Å². The van der Waals surface area contributed by atoms with Crippen molar-refractivity contribution in [2.24, 2.45) is 0 Å². The Kier molecular flexibility index (Phi) is 5.19. The number of H-pyrrole nitrogens is 1. The molecule has 2 heterocycles. The molecule has 9 heteroatoms. The smallest absolute Gasteiger partial charge is 0.255 e. The topological polar surface area (TPSA) is 132 Å². The molecule has 30 heavy (non-hydrogen) atoms. The van der Waals surface area contributed by atoms with Crippen molar-refractivity contribution in [3.8, 4) is 11.4 Å². The van der Waals surface area contributed by atoms with E-state index >= 15 is 0 Å². The number of aliphatic hydroxyl groups is 1. The van der Waals surface area contributed by atoms with Crippen LogP contribution in [0.15, 0.2) is 67.1 Å². The Morgan fingerprint density at radius 2 is 1.93 bits per heavy atom. The quantitative estimate of drug-likeness (QED) is 0.334. The number of benzene rings is 2. The van der Waals surface area contributed by atoms with E-state index in [2.05, 4.69) is 20.8 Å². The van der Waals surface area contributed by atoms with Crippen molar-refractivity contribution in [3.63, 3.8) is 0 Å². The third-order valence-corrected chi connectivity index (χ3v) is 4.64. The van der Waals surface area contributed by atoms with Gasteiger partial charge in [-0.1, -0.05) is 0 Å². The standard InChI is InChI=1S/C21H19N5O4/c27-12-18(21(30)23-14-4-3-13-11-22-25-17(13)9-14)24-20(29)16-10-15(5-6-19(16)28)26-7-1-2-8-26/h1-11,18,27-28H,12H2,(H,22,25)(H,23,30)(H,24,29). The first-order valence-electron chi connectivity index (χ1n) is 9.17. The maximum atomic E-state index is 12.7. The van der Waals surface area contributed by atoms with Crippen LogP contribution in [0.2, 0.25) is 0 Å². The SMILES string of the molecule is O=C(NC(CO)C(=O)Nc1ccc2cn[nH]c2c1)c1cc(-n2cccc2)ccc1O.